The van der Waals surface area contributed by atoms with E-state index in [4.69, 9.17) is 4.74 Å². The molecule has 0 saturated heterocycles. The van der Waals surface area contributed by atoms with Crippen LogP contribution in [0.15, 0.2) is 0 Å². The highest BCUT2D eigenvalue weighted by Crippen LogP contribution is 2.05. The molecule has 0 spiro atoms. The number of unbranched alkanes of at least 4 members (excludes halogenated alkanes) is 3. The van der Waals surface area contributed by atoms with Gasteiger partial charge in [-0.3, -0.25) is 0 Å². The van der Waals surface area contributed by atoms with Crippen molar-refractivity contribution in [1.29, 1.82) is 0 Å². The van der Waals surface area contributed by atoms with Crippen LogP contribution in [0.2, 0.25) is 0 Å². The number of carbonyl (C=O) groups is 1. The van der Waals surface area contributed by atoms with Gasteiger partial charge in [-0.2, -0.15) is 0 Å². The van der Waals surface area contributed by atoms with Gasteiger partial charge in [0.25, 0.3) is 0 Å². The molecule has 0 bridgehead atoms. The van der Waals surface area contributed by atoms with Gasteiger partial charge in [-0.15, -0.1) is 0 Å². The molecule has 0 aromatic carbocycles. The van der Waals surface area contributed by atoms with Gasteiger partial charge < -0.3 is 10.1 Å². The zero-order valence-corrected chi connectivity index (χ0v) is 11.9. The number of hydrogen-bond acceptors (Lipinski definition) is 2. The Morgan fingerprint density at radius 1 is 1.06 bits per heavy atom. The number of carbonyl (C=O) groups excluding carboxylic acids is 1. The quantitative estimate of drug-likeness (QED) is 0.739. The van der Waals surface area contributed by atoms with Gasteiger partial charge in [0.2, 0.25) is 0 Å². The van der Waals surface area contributed by atoms with Gasteiger partial charge in [-0.1, -0.05) is 39.5 Å². The van der Waals surface area contributed by atoms with Gasteiger partial charge >= 0.3 is 6.09 Å². The Morgan fingerprint density at radius 3 is 1.75 bits per heavy atom. The molecule has 0 aromatic heterocycles. The van der Waals surface area contributed by atoms with Crippen LogP contribution in [0.5, 0.6) is 0 Å². The summed E-state index contributed by atoms with van der Waals surface area (Å²) in [5.74, 6) is 0. The summed E-state index contributed by atoms with van der Waals surface area (Å²) in [7, 11) is 0. The fraction of sp³-hybridized carbons (Fsp3) is 0.923. The third-order valence-electron chi connectivity index (χ3n) is 1.68. The van der Waals surface area contributed by atoms with Crippen molar-refractivity contribution >= 4 is 6.09 Å². The maximum atomic E-state index is 10.7. The minimum atomic E-state index is -0.390. The number of nitrogens with one attached hydrogen (secondary N) is 1. The molecule has 0 fully saturated rings. The van der Waals surface area contributed by atoms with E-state index in [9.17, 15) is 4.79 Å². The van der Waals surface area contributed by atoms with Gasteiger partial charge in [0.05, 0.1) is 0 Å². The zero-order chi connectivity index (χ0) is 13.0. The second-order valence-corrected chi connectivity index (χ2v) is 4.74. The molecule has 0 aliphatic rings. The van der Waals surface area contributed by atoms with Crippen LogP contribution in [-0.2, 0) is 4.74 Å². The molecular weight excluding hydrogens is 202 g/mol. The van der Waals surface area contributed by atoms with E-state index in [1.807, 2.05) is 27.7 Å². The minimum Gasteiger partial charge on any atom is -0.444 e. The predicted molar refractivity (Wildman–Crippen MR) is 69.7 cm³/mol. The average molecular weight is 231 g/mol. The first-order valence-corrected chi connectivity index (χ1v) is 6.34. The fourth-order valence-electron chi connectivity index (χ4n) is 0.959. The van der Waals surface area contributed by atoms with E-state index in [0.717, 1.165) is 0 Å². The lowest BCUT2D eigenvalue weighted by Gasteiger charge is -2.19. The Hall–Kier alpha value is -0.730. The Bertz CT molecular complexity index is 158. The number of amides is 1. The standard InChI is InChI=1S/C7H15NO2.C6H14/c1-5-8-6(9)10-7(2,3)4;1-3-5-6-4-2/h5H2,1-4H3,(H,8,9);3-6H2,1-2H3. The molecule has 0 aliphatic carbocycles. The van der Waals surface area contributed by atoms with Crippen LogP contribution in [-0.4, -0.2) is 18.2 Å². The van der Waals surface area contributed by atoms with Crippen molar-refractivity contribution in [3.8, 4) is 0 Å². The number of hydrogen-bond donors (Lipinski definition) is 1. The van der Waals surface area contributed by atoms with Gasteiger partial charge in [0, 0.05) is 6.54 Å². The Balaban J connectivity index is 0. The van der Waals surface area contributed by atoms with Crippen LogP contribution in [0.3, 0.4) is 0 Å². The lowest BCUT2D eigenvalue weighted by Crippen LogP contribution is -2.32. The van der Waals surface area contributed by atoms with Crippen molar-refractivity contribution < 1.29 is 9.53 Å². The largest absolute Gasteiger partial charge is 0.444 e. The monoisotopic (exact) mass is 231 g/mol. The molecule has 0 aliphatic heterocycles. The lowest BCUT2D eigenvalue weighted by molar-refractivity contribution is 0.0531. The highest BCUT2D eigenvalue weighted by Gasteiger charge is 2.14. The Kier molecular flexibility index (Phi) is 11.9. The van der Waals surface area contributed by atoms with Gasteiger partial charge in [0.15, 0.2) is 0 Å². The summed E-state index contributed by atoms with van der Waals surface area (Å²) in [6, 6.07) is 0. The van der Waals surface area contributed by atoms with Crippen LogP contribution < -0.4 is 5.32 Å². The number of rotatable bonds is 4. The van der Waals surface area contributed by atoms with Crippen molar-refractivity contribution in [2.24, 2.45) is 0 Å². The van der Waals surface area contributed by atoms with E-state index < -0.39 is 0 Å². The summed E-state index contributed by atoms with van der Waals surface area (Å²) >= 11 is 0. The summed E-state index contributed by atoms with van der Waals surface area (Å²) in [6.07, 6.45) is 5.18. The molecule has 3 heteroatoms. The predicted octanol–water partition coefficient (Wildman–Crippen LogP) is 4.12. The summed E-state index contributed by atoms with van der Waals surface area (Å²) in [6.45, 7) is 12.4. The number of alkyl carbamates (subject to hydrolysis) is 1. The lowest BCUT2D eigenvalue weighted by atomic mass is 10.2. The molecule has 0 aromatic rings. The number of ether oxygens (including phenoxy) is 1. The smallest absolute Gasteiger partial charge is 0.407 e. The molecule has 1 amide bonds. The molecule has 1 N–H and O–H groups in total. The van der Waals surface area contributed by atoms with Crippen LogP contribution in [0.4, 0.5) is 4.79 Å². The average Bonchev–Trinajstić information content (AvgIpc) is 2.13. The van der Waals surface area contributed by atoms with Crippen LogP contribution >= 0.6 is 0 Å². The van der Waals surface area contributed by atoms with Crippen LogP contribution in [0.25, 0.3) is 0 Å². The second kappa shape index (κ2) is 10.8. The highest BCUT2D eigenvalue weighted by molar-refractivity contribution is 5.67. The summed E-state index contributed by atoms with van der Waals surface area (Å²) in [5.41, 5.74) is -0.390. The van der Waals surface area contributed by atoms with Crippen molar-refractivity contribution in [2.45, 2.75) is 72.8 Å². The van der Waals surface area contributed by atoms with E-state index in [1.54, 1.807) is 0 Å². The first kappa shape index (κ1) is 17.7. The normalized spacial score (nSPS) is 10.1. The second-order valence-electron chi connectivity index (χ2n) is 4.74. The van der Waals surface area contributed by atoms with Crippen molar-refractivity contribution in [3.63, 3.8) is 0 Å². The minimum absolute atomic E-state index is 0.352. The molecule has 0 rings (SSSR count). The van der Waals surface area contributed by atoms with E-state index in [0.29, 0.717) is 6.54 Å². The van der Waals surface area contributed by atoms with Crippen LogP contribution in [0.1, 0.15) is 67.2 Å². The molecule has 0 radical (unpaired) electrons. The molecular formula is C13H29NO2. The van der Waals surface area contributed by atoms with E-state index in [-0.39, 0.29) is 11.7 Å². The molecule has 0 heterocycles. The fourth-order valence-corrected chi connectivity index (χ4v) is 0.959. The first-order valence-electron chi connectivity index (χ1n) is 6.34. The van der Waals surface area contributed by atoms with Gasteiger partial charge in [0.1, 0.15) is 5.60 Å². The van der Waals surface area contributed by atoms with Gasteiger partial charge in [-0.25, -0.2) is 4.79 Å². The molecule has 0 saturated carbocycles. The molecule has 98 valence electrons. The van der Waals surface area contributed by atoms with E-state index >= 15 is 0 Å². The topological polar surface area (TPSA) is 38.3 Å². The SMILES string of the molecule is CCCCCC.CCNC(=O)OC(C)(C)C. The van der Waals surface area contributed by atoms with Gasteiger partial charge in [-0.05, 0) is 27.7 Å². The summed E-state index contributed by atoms with van der Waals surface area (Å²) in [5, 5.41) is 2.54. The third-order valence-corrected chi connectivity index (χ3v) is 1.68. The third kappa shape index (κ3) is 18.9. The van der Waals surface area contributed by atoms with Crippen molar-refractivity contribution in [1.82, 2.24) is 5.32 Å². The first-order chi connectivity index (χ1) is 7.37. The highest BCUT2D eigenvalue weighted by atomic mass is 16.6. The molecule has 3 nitrogen and oxygen atoms in total. The molecule has 16 heavy (non-hydrogen) atoms. The maximum absolute atomic E-state index is 10.7. The Labute approximate surface area is 101 Å². The Morgan fingerprint density at radius 2 is 1.50 bits per heavy atom. The molecule has 0 atom stereocenters. The van der Waals surface area contributed by atoms with E-state index in [2.05, 4.69) is 19.2 Å². The van der Waals surface area contributed by atoms with Crippen LogP contribution in [0, 0.1) is 0 Å². The van der Waals surface area contributed by atoms with Crippen molar-refractivity contribution in [3.05, 3.63) is 0 Å². The zero-order valence-electron chi connectivity index (χ0n) is 11.9. The van der Waals surface area contributed by atoms with Crippen molar-refractivity contribution in [2.75, 3.05) is 6.54 Å². The summed E-state index contributed by atoms with van der Waals surface area (Å²) in [4.78, 5) is 10.7. The maximum Gasteiger partial charge on any atom is 0.407 e. The van der Waals surface area contributed by atoms with E-state index in [1.165, 1.54) is 25.7 Å². The molecule has 0 unspecified atom stereocenters. The summed E-state index contributed by atoms with van der Waals surface area (Å²) < 4.78 is 4.93.